The molecule has 0 N–H and O–H groups in total. The molecule has 1 aromatic heterocycles. The molecule has 2 amide bonds. The van der Waals surface area contributed by atoms with Gasteiger partial charge in [-0.3, -0.25) is 9.69 Å². The van der Waals surface area contributed by atoms with Gasteiger partial charge in [-0.25, -0.2) is 4.79 Å². The number of hydrogen-bond donors (Lipinski definition) is 0. The number of carbonyl (C=O) groups excluding carboxylic acids is 2. The van der Waals surface area contributed by atoms with Crippen LogP contribution in [-0.4, -0.2) is 58.7 Å². The zero-order chi connectivity index (χ0) is 16.1. The molecule has 2 fully saturated rings. The zero-order valence-corrected chi connectivity index (χ0v) is 13.4. The maximum absolute atomic E-state index is 12.9. The molecule has 6 nitrogen and oxygen atoms in total. The Morgan fingerprint density at radius 2 is 2.13 bits per heavy atom. The van der Waals surface area contributed by atoms with Crippen molar-refractivity contribution in [1.29, 1.82) is 0 Å². The predicted molar refractivity (Wildman–Crippen MR) is 85.7 cm³/mol. The van der Waals surface area contributed by atoms with Crippen molar-refractivity contribution in [1.82, 2.24) is 14.4 Å². The Kier molecular flexibility index (Phi) is 3.23. The minimum absolute atomic E-state index is 0.0289. The fraction of sp³-hybridized carbons (Fsp3) is 0.375. The molecule has 3 heterocycles. The number of fused-ring (bicyclic) bond motifs is 2. The smallest absolute Gasteiger partial charge is 0.410 e. The van der Waals surface area contributed by atoms with E-state index in [2.05, 4.69) is 0 Å². The van der Waals surface area contributed by atoms with Crippen LogP contribution in [-0.2, 0) is 11.8 Å². The first-order valence-corrected chi connectivity index (χ1v) is 7.90. The molecule has 2 aliphatic rings. The third-order valence-electron chi connectivity index (χ3n) is 4.63. The Balaban J connectivity index is 1.62. The van der Waals surface area contributed by atoms with Gasteiger partial charge in [0, 0.05) is 42.6 Å². The summed E-state index contributed by atoms with van der Waals surface area (Å²) < 4.78 is 6.92. The summed E-state index contributed by atoms with van der Waals surface area (Å²) in [6.07, 6.45) is -0.277. The van der Waals surface area contributed by atoms with Gasteiger partial charge >= 0.3 is 6.09 Å². The average Bonchev–Trinajstić information content (AvgIpc) is 3.08. The standard InChI is InChI=1S/C16H16ClN3O3/c1-18-13-7-11(17)3-2-10(13)6-14(18)15(21)19-4-5-20-12(8-19)9-23-16(20)22/h2-3,6-7,12H,4-5,8-9H2,1H3/t12-/m1/s1. The van der Waals surface area contributed by atoms with E-state index in [0.717, 1.165) is 10.9 Å². The molecule has 1 aromatic carbocycles. The second kappa shape index (κ2) is 5.16. The summed E-state index contributed by atoms with van der Waals surface area (Å²) in [4.78, 5) is 27.9. The van der Waals surface area contributed by atoms with E-state index >= 15 is 0 Å². The summed E-state index contributed by atoms with van der Waals surface area (Å²) in [5.41, 5.74) is 1.56. The molecule has 0 saturated carbocycles. The van der Waals surface area contributed by atoms with Crippen LogP contribution in [0.5, 0.6) is 0 Å². The normalized spacial score (nSPS) is 20.8. The van der Waals surface area contributed by atoms with E-state index in [-0.39, 0.29) is 18.0 Å². The van der Waals surface area contributed by atoms with E-state index in [9.17, 15) is 9.59 Å². The number of halogens is 1. The highest BCUT2D eigenvalue weighted by molar-refractivity contribution is 6.31. The van der Waals surface area contributed by atoms with E-state index in [1.807, 2.05) is 35.9 Å². The zero-order valence-electron chi connectivity index (χ0n) is 12.7. The van der Waals surface area contributed by atoms with Crippen LogP contribution in [0.3, 0.4) is 0 Å². The summed E-state index contributed by atoms with van der Waals surface area (Å²) in [5.74, 6) is -0.0289. The number of ether oxygens (including phenoxy) is 1. The molecular weight excluding hydrogens is 318 g/mol. The van der Waals surface area contributed by atoms with Crippen LogP contribution in [0.4, 0.5) is 4.79 Å². The van der Waals surface area contributed by atoms with Crippen LogP contribution in [0.1, 0.15) is 10.5 Å². The van der Waals surface area contributed by atoms with Crippen LogP contribution in [0.2, 0.25) is 5.02 Å². The number of aromatic nitrogens is 1. The molecule has 4 rings (SSSR count). The SMILES string of the molecule is Cn1c(C(=O)N2CCN3C(=O)OC[C@H]3C2)cc2ccc(Cl)cc21. The van der Waals surface area contributed by atoms with Crippen molar-refractivity contribution in [2.24, 2.45) is 7.05 Å². The number of rotatable bonds is 1. The number of piperazine rings is 1. The number of benzene rings is 1. The number of cyclic esters (lactones) is 1. The van der Waals surface area contributed by atoms with Crippen molar-refractivity contribution >= 4 is 34.5 Å². The van der Waals surface area contributed by atoms with Crippen LogP contribution < -0.4 is 0 Å². The van der Waals surface area contributed by atoms with Gasteiger partial charge in [-0.15, -0.1) is 0 Å². The lowest BCUT2D eigenvalue weighted by molar-refractivity contribution is 0.0608. The molecule has 23 heavy (non-hydrogen) atoms. The highest BCUT2D eigenvalue weighted by Gasteiger charge is 2.39. The van der Waals surface area contributed by atoms with E-state index in [4.69, 9.17) is 16.3 Å². The molecule has 2 aliphatic heterocycles. The van der Waals surface area contributed by atoms with Gasteiger partial charge in [0.25, 0.3) is 5.91 Å². The Morgan fingerprint density at radius 1 is 1.30 bits per heavy atom. The molecule has 1 atom stereocenters. The maximum atomic E-state index is 12.9. The van der Waals surface area contributed by atoms with Gasteiger partial charge in [0.05, 0.1) is 6.04 Å². The lowest BCUT2D eigenvalue weighted by atomic mass is 10.2. The van der Waals surface area contributed by atoms with Crippen LogP contribution in [0.15, 0.2) is 24.3 Å². The van der Waals surface area contributed by atoms with Gasteiger partial charge < -0.3 is 14.2 Å². The molecular formula is C16H16ClN3O3. The molecule has 0 unspecified atom stereocenters. The number of amides is 2. The lowest BCUT2D eigenvalue weighted by Gasteiger charge is -2.35. The van der Waals surface area contributed by atoms with E-state index in [1.54, 1.807) is 9.80 Å². The van der Waals surface area contributed by atoms with Crippen molar-refractivity contribution in [2.45, 2.75) is 6.04 Å². The molecule has 0 aliphatic carbocycles. The van der Waals surface area contributed by atoms with Crippen molar-refractivity contribution in [3.8, 4) is 0 Å². The monoisotopic (exact) mass is 333 g/mol. The van der Waals surface area contributed by atoms with Crippen LogP contribution >= 0.6 is 11.6 Å². The van der Waals surface area contributed by atoms with E-state index in [1.165, 1.54) is 0 Å². The van der Waals surface area contributed by atoms with E-state index < -0.39 is 0 Å². The summed E-state index contributed by atoms with van der Waals surface area (Å²) in [6.45, 7) is 1.90. The minimum Gasteiger partial charge on any atom is -0.447 e. The second-order valence-electron chi connectivity index (χ2n) is 5.97. The van der Waals surface area contributed by atoms with Crippen molar-refractivity contribution in [3.63, 3.8) is 0 Å². The number of carbonyl (C=O) groups is 2. The van der Waals surface area contributed by atoms with Crippen molar-refractivity contribution < 1.29 is 14.3 Å². The average molecular weight is 334 g/mol. The van der Waals surface area contributed by atoms with E-state index in [0.29, 0.717) is 37.0 Å². The Morgan fingerprint density at radius 3 is 2.96 bits per heavy atom. The molecule has 7 heteroatoms. The fourth-order valence-corrected chi connectivity index (χ4v) is 3.51. The summed E-state index contributed by atoms with van der Waals surface area (Å²) in [7, 11) is 1.87. The van der Waals surface area contributed by atoms with Gasteiger partial charge in [0.1, 0.15) is 12.3 Å². The topological polar surface area (TPSA) is 54.8 Å². The lowest BCUT2D eigenvalue weighted by Crippen LogP contribution is -2.53. The highest BCUT2D eigenvalue weighted by Crippen LogP contribution is 2.25. The number of aryl methyl sites for hydroxylation is 1. The summed E-state index contributed by atoms with van der Waals surface area (Å²) in [5, 5.41) is 1.63. The van der Waals surface area contributed by atoms with Crippen LogP contribution in [0, 0.1) is 0 Å². The van der Waals surface area contributed by atoms with Crippen molar-refractivity contribution in [2.75, 3.05) is 26.2 Å². The molecule has 2 aromatic rings. The number of hydrogen-bond acceptors (Lipinski definition) is 3. The largest absolute Gasteiger partial charge is 0.447 e. The maximum Gasteiger partial charge on any atom is 0.410 e. The molecule has 0 radical (unpaired) electrons. The number of nitrogens with zero attached hydrogens (tertiary/aromatic N) is 3. The summed E-state index contributed by atoms with van der Waals surface area (Å²) in [6, 6.07) is 7.43. The highest BCUT2D eigenvalue weighted by atomic mass is 35.5. The van der Waals surface area contributed by atoms with Gasteiger partial charge in [-0.1, -0.05) is 17.7 Å². The molecule has 0 bridgehead atoms. The molecule has 120 valence electrons. The van der Waals surface area contributed by atoms with Gasteiger partial charge in [-0.2, -0.15) is 0 Å². The summed E-state index contributed by atoms with van der Waals surface area (Å²) >= 11 is 6.04. The van der Waals surface area contributed by atoms with Gasteiger partial charge in [-0.05, 0) is 18.2 Å². The third-order valence-corrected chi connectivity index (χ3v) is 4.87. The third kappa shape index (κ3) is 2.25. The fourth-order valence-electron chi connectivity index (χ4n) is 3.34. The molecule has 2 saturated heterocycles. The molecule has 0 spiro atoms. The Hall–Kier alpha value is -2.21. The Bertz CT molecular complexity index is 816. The first kappa shape index (κ1) is 14.4. The van der Waals surface area contributed by atoms with Crippen LogP contribution in [0.25, 0.3) is 10.9 Å². The first-order chi connectivity index (χ1) is 11.0. The van der Waals surface area contributed by atoms with Crippen molar-refractivity contribution in [3.05, 3.63) is 35.0 Å². The van der Waals surface area contributed by atoms with Gasteiger partial charge in [0.2, 0.25) is 0 Å². The second-order valence-corrected chi connectivity index (χ2v) is 6.40. The predicted octanol–water partition coefficient (Wildman–Crippen LogP) is 2.11. The minimum atomic E-state index is -0.277. The Labute approximate surface area is 138 Å². The first-order valence-electron chi connectivity index (χ1n) is 7.52. The quantitative estimate of drug-likeness (QED) is 0.803. The van der Waals surface area contributed by atoms with Gasteiger partial charge in [0.15, 0.2) is 0 Å².